The fourth-order valence-electron chi connectivity index (χ4n) is 2.36. The van der Waals surface area contributed by atoms with Crippen LogP contribution in [0, 0.1) is 0 Å². The highest BCUT2D eigenvalue weighted by atomic mass is 32.2. The van der Waals surface area contributed by atoms with E-state index in [0.29, 0.717) is 17.7 Å². The van der Waals surface area contributed by atoms with Gasteiger partial charge < -0.3 is 5.73 Å². The van der Waals surface area contributed by atoms with Crippen molar-refractivity contribution < 1.29 is 8.42 Å². The maximum absolute atomic E-state index is 12.7. The number of hydrogen-bond acceptors (Lipinski definition) is 5. The molecule has 122 valence electrons. The maximum atomic E-state index is 12.7. The van der Waals surface area contributed by atoms with E-state index in [4.69, 9.17) is 5.73 Å². The molecule has 1 heterocycles. The number of nitrogens with two attached hydrogens (primary N) is 1. The summed E-state index contributed by atoms with van der Waals surface area (Å²) in [4.78, 5) is 7.97. The Morgan fingerprint density at radius 2 is 1.83 bits per heavy atom. The summed E-state index contributed by atoms with van der Waals surface area (Å²) in [5.74, 6) is 0.167. The molecule has 0 aliphatic heterocycles. The van der Waals surface area contributed by atoms with Gasteiger partial charge in [-0.1, -0.05) is 30.3 Å². The normalized spacial score (nSPS) is 11.2. The molecule has 0 bridgehead atoms. The molecule has 0 amide bonds. The third kappa shape index (κ3) is 3.69. The van der Waals surface area contributed by atoms with Crippen LogP contribution in [0.25, 0.3) is 0 Å². The molecule has 0 saturated heterocycles. The van der Waals surface area contributed by atoms with Crippen molar-refractivity contribution in [2.24, 2.45) is 0 Å². The van der Waals surface area contributed by atoms with Crippen LogP contribution in [0.5, 0.6) is 0 Å². The molecule has 3 aromatic rings. The summed E-state index contributed by atoms with van der Waals surface area (Å²) >= 11 is 0. The summed E-state index contributed by atoms with van der Waals surface area (Å²) in [6.07, 6.45) is 4.71. The second-order valence-electron chi connectivity index (χ2n) is 5.23. The van der Waals surface area contributed by atoms with Crippen LogP contribution < -0.4 is 10.5 Å². The van der Waals surface area contributed by atoms with Crippen LogP contribution in [0.4, 0.5) is 11.5 Å². The van der Waals surface area contributed by atoms with Crippen LogP contribution in [0.1, 0.15) is 11.1 Å². The fourth-order valence-corrected chi connectivity index (χ4v) is 3.57. The summed E-state index contributed by atoms with van der Waals surface area (Å²) in [5, 5.41) is 0. The van der Waals surface area contributed by atoms with E-state index in [1.54, 1.807) is 12.1 Å². The third-order valence-electron chi connectivity index (χ3n) is 3.41. The van der Waals surface area contributed by atoms with Crippen LogP contribution in [0.3, 0.4) is 0 Å². The van der Waals surface area contributed by atoms with Gasteiger partial charge in [0.15, 0.2) is 5.82 Å². The first kappa shape index (κ1) is 15.9. The van der Waals surface area contributed by atoms with Crippen molar-refractivity contribution in [2.45, 2.75) is 11.3 Å². The highest BCUT2D eigenvalue weighted by Gasteiger charge is 2.19. The smallest absolute Gasteiger partial charge is 0.263 e. The summed E-state index contributed by atoms with van der Waals surface area (Å²) in [6, 6.07) is 14.4. The Labute approximate surface area is 140 Å². The minimum Gasteiger partial charge on any atom is -0.399 e. The number of benzene rings is 2. The highest BCUT2D eigenvalue weighted by molar-refractivity contribution is 7.92. The second-order valence-corrected chi connectivity index (χ2v) is 6.88. The van der Waals surface area contributed by atoms with E-state index < -0.39 is 10.0 Å². The average molecular weight is 340 g/mol. The number of nitrogen functional groups attached to an aromatic ring is 1. The van der Waals surface area contributed by atoms with E-state index in [-0.39, 0.29) is 10.7 Å². The van der Waals surface area contributed by atoms with E-state index >= 15 is 0 Å². The standard InChI is InChI=1S/C17H16N4O2S/c18-15-6-7-16(14(11-15)10-13-4-2-1-3-5-13)24(22,23)21-17-12-19-8-9-20-17/h1-9,11-12H,10,18H2,(H,20,21). The molecule has 0 fully saturated rings. The van der Waals surface area contributed by atoms with Gasteiger partial charge in [0.05, 0.1) is 11.1 Å². The molecule has 0 unspecified atom stereocenters. The predicted octanol–water partition coefficient (Wildman–Crippen LogP) is 2.45. The molecule has 0 spiro atoms. The van der Waals surface area contributed by atoms with Gasteiger partial charge in [0.25, 0.3) is 10.0 Å². The van der Waals surface area contributed by atoms with Crippen LogP contribution in [0.15, 0.2) is 72.0 Å². The maximum Gasteiger partial charge on any atom is 0.263 e. The molecular formula is C17H16N4O2S. The lowest BCUT2D eigenvalue weighted by atomic mass is 10.0. The zero-order valence-corrected chi connectivity index (χ0v) is 13.6. The number of nitrogens with zero attached hydrogens (tertiary/aromatic N) is 2. The van der Waals surface area contributed by atoms with E-state index in [0.717, 1.165) is 5.56 Å². The first-order chi connectivity index (χ1) is 11.5. The summed E-state index contributed by atoms with van der Waals surface area (Å²) < 4.78 is 27.8. The van der Waals surface area contributed by atoms with Crippen molar-refractivity contribution in [2.75, 3.05) is 10.5 Å². The van der Waals surface area contributed by atoms with Gasteiger partial charge >= 0.3 is 0 Å². The largest absolute Gasteiger partial charge is 0.399 e. The SMILES string of the molecule is Nc1ccc(S(=O)(=O)Nc2cnccn2)c(Cc2ccccc2)c1. The monoisotopic (exact) mass is 340 g/mol. The Morgan fingerprint density at radius 3 is 2.54 bits per heavy atom. The molecular weight excluding hydrogens is 324 g/mol. The molecule has 6 nitrogen and oxygen atoms in total. The third-order valence-corrected chi connectivity index (χ3v) is 4.87. The van der Waals surface area contributed by atoms with Gasteiger partial charge in [0.2, 0.25) is 0 Å². The molecule has 24 heavy (non-hydrogen) atoms. The zero-order valence-electron chi connectivity index (χ0n) is 12.8. The molecule has 0 aliphatic rings. The Hall–Kier alpha value is -2.93. The van der Waals surface area contributed by atoms with Crippen LogP contribution in [-0.4, -0.2) is 18.4 Å². The van der Waals surface area contributed by atoms with E-state index in [1.165, 1.54) is 24.7 Å². The Kier molecular flexibility index (Phi) is 4.43. The number of aromatic nitrogens is 2. The van der Waals surface area contributed by atoms with Crippen molar-refractivity contribution in [3.05, 3.63) is 78.2 Å². The van der Waals surface area contributed by atoms with Gasteiger partial charge in [-0.2, -0.15) is 0 Å². The number of hydrogen-bond donors (Lipinski definition) is 2. The zero-order chi connectivity index (χ0) is 17.0. The molecule has 1 aromatic heterocycles. The molecule has 0 atom stereocenters. The van der Waals surface area contributed by atoms with Crippen molar-refractivity contribution in [3.63, 3.8) is 0 Å². The molecule has 2 aromatic carbocycles. The number of nitrogens with one attached hydrogen (secondary N) is 1. The number of rotatable bonds is 5. The second kappa shape index (κ2) is 6.67. The molecule has 0 radical (unpaired) electrons. The molecule has 0 aliphatic carbocycles. The van der Waals surface area contributed by atoms with Crippen LogP contribution in [-0.2, 0) is 16.4 Å². The van der Waals surface area contributed by atoms with Gasteiger partial charge in [-0.05, 0) is 35.7 Å². The highest BCUT2D eigenvalue weighted by Crippen LogP contribution is 2.23. The summed E-state index contributed by atoms with van der Waals surface area (Å²) in [5.41, 5.74) is 7.97. The molecule has 7 heteroatoms. The van der Waals surface area contributed by atoms with Crippen LogP contribution >= 0.6 is 0 Å². The number of anilines is 2. The first-order valence-electron chi connectivity index (χ1n) is 7.26. The number of sulfonamides is 1. The van der Waals surface area contributed by atoms with E-state index in [2.05, 4.69) is 14.7 Å². The van der Waals surface area contributed by atoms with Gasteiger partial charge in [-0.3, -0.25) is 9.71 Å². The lowest BCUT2D eigenvalue weighted by Gasteiger charge is -2.12. The van der Waals surface area contributed by atoms with Crippen molar-refractivity contribution in [3.8, 4) is 0 Å². The first-order valence-corrected chi connectivity index (χ1v) is 8.74. The van der Waals surface area contributed by atoms with Crippen molar-refractivity contribution in [1.82, 2.24) is 9.97 Å². The minimum atomic E-state index is -3.79. The average Bonchev–Trinajstić information content (AvgIpc) is 2.56. The summed E-state index contributed by atoms with van der Waals surface area (Å²) in [6.45, 7) is 0. The van der Waals surface area contributed by atoms with Crippen LogP contribution in [0.2, 0.25) is 0 Å². The summed E-state index contributed by atoms with van der Waals surface area (Å²) in [7, 11) is -3.79. The fraction of sp³-hybridized carbons (Fsp3) is 0.0588. The quantitative estimate of drug-likeness (QED) is 0.695. The van der Waals surface area contributed by atoms with Gasteiger partial charge in [-0.25, -0.2) is 13.4 Å². The molecule has 0 saturated carbocycles. The van der Waals surface area contributed by atoms with Crippen molar-refractivity contribution >= 4 is 21.5 Å². The molecule has 3 rings (SSSR count). The van der Waals surface area contributed by atoms with Crippen molar-refractivity contribution in [1.29, 1.82) is 0 Å². The minimum absolute atomic E-state index is 0.167. The predicted molar refractivity (Wildman–Crippen MR) is 92.9 cm³/mol. The Morgan fingerprint density at radius 1 is 1.04 bits per heavy atom. The Bertz CT molecular complexity index is 929. The molecule has 3 N–H and O–H groups in total. The van der Waals surface area contributed by atoms with Gasteiger partial charge in [-0.15, -0.1) is 0 Å². The van der Waals surface area contributed by atoms with E-state index in [9.17, 15) is 8.42 Å². The lowest BCUT2D eigenvalue weighted by molar-refractivity contribution is 0.600. The Balaban J connectivity index is 1.98. The topological polar surface area (TPSA) is 98.0 Å². The van der Waals surface area contributed by atoms with Gasteiger partial charge in [0, 0.05) is 18.1 Å². The van der Waals surface area contributed by atoms with Gasteiger partial charge in [0.1, 0.15) is 0 Å². The van der Waals surface area contributed by atoms with E-state index in [1.807, 2.05) is 30.3 Å². The lowest BCUT2D eigenvalue weighted by Crippen LogP contribution is -2.16.